The minimum absolute atomic E-state index is 0.0758. The molecule has 1 aromatic carbocycles. The molecule has 0 aliphatic carbocycles. The van der Waals surface area contributed by atoms with Crippen LogP contribution >= 0.6 is 11.6 Å². The van der Waals surface area contributed by atoms with Gasteiger partial charge in [-0.15, -0.1) is 0 Å². The van der Waals surface area contributed by atoms with Crippen molar-refractivity contribution in [3.05, 3.63) is 81.7 Å². The number of hydrogen-bond acceptors (Lipinski definition) is 6. The second-order valence-electron chi connectivity index (χ2n) is 5.93. The molecule has 0 spiro atoms. The number of nitrogens with zero attached hydrogens (tertiary/aromatic N) is 2. The zero-order valence-corrected chi connectivity index (χ0v) is 15.6. The first kappa shape index (κ1) is 19.6. The SMILES string of the molecule is C=C/C=C(/c1cc(NCCCO)c2ccc(Cl)cc2n1)c1ccc([N+](=O)[O-])o1. The number of pyridine rings is 1. The van der Waals surface area contributed by atoms with Crippen LogP contribution in [0.3, 0.4) is 0 Å². The van der Waals surface area contributed by atoms with Crippen molar-refractivity contribution in [1.29, 1.82) is 0 Å². The van der Waals surface area contributed by atoms with Gasteiger partial charge >= 0.3 is 5.88 Å². The molecule has 0 radical (unpaired) electrons. The second kappa shape index (κ2) is 8.69. The lowest BCUT2D eigenvalue weighted by atomic mass is 10.1. The molecule has 2 aromatic heterocycles. The van der Waals surface area contributed by atoms with Crippen LogP contribution in [0.4, 0.5) is 11.6 Å². The fourth-order valence-corrected chi connectivity index (χ4v) is 2.94. The van der Waals surface area contributed by atoms with E-state index >= 15 is 0 Å². The topological polar surface area (TPSA) is 101 Å². The quantitative estimate of drug-likeness (QED) is 0.244. The number of anilines is 1. The van der Waals surface area contributed by atoms with Crippen LogP contribution in [0.1, 0.15) is 17.9 Å². The summed E-state index contributed by atoms with van der Waals surface area (Å²) >= 11 is 6.13. The largest absolute Gasteiger partial charge is 0.433 e. The van der Waals surface area contributed by atoms with Gasteiger partial charge in [0.15, 0.2) is 0 Å². The summed E-state index contributed by atoms with van der Waals surface area (Å²) in [6.45, 7) is 4.36. The lowest BCUT2D eigenvalue weighted by Crippen LogP contribution is -2.05. The van der Waals surface area contributed by atoms with E-state index in [4.69, 9.17) is 21.1 Å². The Kier molecular flexibility index (Phi) is 6.08. The first-order valence-electron chi connectivity index (χ1n) is 8.56. The number of hydrogen-bond donors (Lipinski definition) is 2. The Bertz CT molecular complexity index is 1060. The van der Waals surface area contributed by atoms with Gasteiger partial charge in [0.2, 0.25) is 0 Å². The van der Waals surface area contributed by atoms with Crippen molar-refractivity contribution in [2.24, 2.45) is 0 Å². The number of allylic oxidation sites excluding steroid dienone is 2. The summed E-state index contributed by atoms with van der Waals surface area (Å²) in [5.41, 5.74) is 2.56. The van der Waals surface area contributed by atoms with Gasteiger partial charge in [-0.1, -0.05) is 24.3 Å². The van der Waals surface area contributed by atoms with E-state index in [1.165, 1.54) is 12.1 Å². The van der Waals surface area contributed by atoms with Gasteiger partial charge in [-0.2, -0.15) is 0 Å². The smallest absolute Gasteiger partial charge is 0.401 e. The molecule has 2 N–H and O–H groups in total. The number of benzene rings is 1. The lowest BCUT2D eigenvalue weighted by Gasteiger charge is -2.13. The molecule has 0 bridgehead atoms. The second-order valence-corrected chi connectivity index (χ2v) is 6.37. The number of halogens is 1. The highest BCUT2D eigenvalue weighted by molar-refractivity contribution is 6.31. The van der Waals surface area contributed by atoms with Gasteiger partial charge in [-0.3, -0.25) is 10.1 Å². The summed E-state index contributed by atoms with van der Waals surface area (Å²) in [5, 5.41) is 24.7. The van der Waals surface area contributed by atoms with E-state index in [2.05, 4.69) is 16.9 Å². The predicted molar refractivity (Wildman–Crippen MR) is 110 cm³/mol. The van der Waals surface area contributed by atoms with Gasteiger partial charge in [0.05, 0.1) is 17.3 Å². The molecular weight excluding hydrogens is 382 g/mol. The van der Waals surface area contributed by atoms with Gasteiger partial charge in [0.1, 0.15) is 10.7 Å². The van der Waals surface area contributed by atoms with Crippen molar-refractivity contribution in [3.63, 3.8) is 0 Å². The predicted octanol–water partition coefficient (Wildman–Crippen LogP) is 4.80. The van der Waals surface area contributed by atoms with Crippen molar-refractivity contribution in [2.45, 2.75) is 6.42 Å². The fraction of sp³-hybridized carbons (Fsp3) is 0.150. The first-order valence-corrected chi connectivity index (χ1v) is 8.94. The highest BCUT2D eigenvalue weighted by atomic mass is 35.5. The van der Waals surface area contributed by atoms with E-state index < -0.39 is 4.92 Å². The zero-order valence-electron chi connectivity index (χ0n) is 14.9. The molecular formula is C20H18ClN3O4. The summed E-state index contributed by atoms with van der Waals surface area (Å²) < 4.78 is 5.35. The van der Waals surface area contributed by atoms with E-state index in [0.717, 1.165) is 11.1 Å². The van der Waals surface area contributed by atoms with Gasteiger partial charge < -0.3 is 14.8 Å². The average Bonchev–Trinajstić information content (AvgIpc) is 3.16. The van der Waals surface area contributed by atoms with E-state index in [1.807, 2.05) is 12.1 Å². The molecule has 0 amide bonds. The Balaban J connectivity index is 2.13. The number of nitrogens with one attached hydrogen (secondary N) is 1. The van der Waals surface area contributed by atoms with Crippen LogP contribution in [0.5, 0.6) is 0 Å². The van der Waals surface area contributed by atoms with Crippen molar-refractivity contribution < 1.29 is 14.4 Å². The van der Waals surface area contributed by atoms with Gasteiger partial charge in [0, 0.05) is 34.8 Å². The Morgan fingerprint density at radius 3 is 2.86 bits per heavy atom. The molecule has 144 valence electrons. The third-order valence-corrected chi connectivity index (χ3v) is 4.26. The van der Waals surface area contributed by atoms with Crippen LogP contribution in [0.15, 0.2) is 59.5 Å². The number of rotatable bonds is 8. The first-order chi connectivity index (χ1) is 13.5. The molecule has 0 atom stereocenters. The van der Waals surface area contributed by atoms with Crippen molar-refractivity contribution >= 4 is 39.6 Å². The molecule has 3 rings (SSSR count). The Hall–Kier alpha value is -3.16. The fourth-order valence-electron chi connectivity index (χ4n) is 2.77. The number of nitro groups is 1. The third-order valence-electron chi connectivity index (χ3n) is 4.02. The molecule has 0 aliphatic heterocycles. The summed E-state index contributed by atoms with van der Waals surface area (Å²) in [5.74, 6) is -0.0446. The molecule has 8 heteroatoms. The highest BCUT2D eigenvalue weighted by Gasteiger charge is 2.18. The van der Waals surface area contributed by atoms with Gasteiger partial charge in [0.25, 0.3) is 0 Å². The number of furan rings is 1. The molecule has 0 saturated carbocycles. The van der Waals surface area contributed by atoms with Gasteiger partial charge in [-0.25, -0.2) is 4.98 Å². The molecule has 0 fully saturated rings. The third kappa shape index (κ3) is 4.21. The lowest BCUT2D eigenvalue weighted by molar-refractivity contribution is -0.402. The zero-order chi connectivity index (χ0) is 20.1. The molecule has 0 saturated heterocycles. The number of aliphatic hydroxyl groups is 1. The van der Waals surface area contributed by atoms with Gasteiger partial charge in [-0.05, 0) is 42.8 Å². The molecule has 2 heterocycles. The Morgan fingerprint density at radius 1 is 1.36 bits per heavy atom. The standard InChI is InChI=1S/C20H18ClN3O4/c1-2-4-15(19-7-8-20(28-19)24(26)27)18-12-16(22-9-3-10-25)14-6-5-13(21)11-17(14)23-18/h2,4-8,11-12,25H,1,3,9-10H2,(H,22,23)/b15-4-. The van der Waals surface area contributed by atoms with Crippen LogP contribution < -0.4 is 5.32 Å². The van der Waals surface area contributed by atoms with E-state index in [-0.39, 0.29) is 12.5 Å². The molecule has 3 aromatic rings. The van der Waals surface area contributed by atoms with Crippen LogP contribution in [-0.2, 0) is 0 Å². The number of fused-ring (bicyclic) bond motifs is 1. The Labute approximate surface area is 166 Å². The summed E-state index contributed by atoms with van der Waals surface area (Å²) in [4.78, 5) is 15.0. The van der Waals surface area contributed by atoms with E-state index in [9.17, 15) is 10.1 Å². The van der Waals surface area contributed by atoms with E-state index in [1.54, 1.807) is 24.3 Å². The van der Waals surface area contributed by atoms with E-state index in [0.29, 0.717) is 40.5 Å². The number of aromatic nitrogens is 1. The maximum atomic E-state index is 11.0. The number of aliphatic hydroxyl groups excluding tert-OH is 1. The molecule has 28 heavy (non-hydrogen) atoms. The minimum atomic E-state index is -0.593. The summed E-state index contributed by atoms with van der Waals surface area (Å²) in [7, 11) is 0. The molecule has 7 nitrogen and oxygen atoms in total. The molecule has 0 aliphatic rings. The van der Waals surface area contributed by atoms with Crippen LogP contribution in [0, 0.1) is 10.1 Å². The average molecular weight is 400 g/mol. The maximum Gasteiger partial charge on any atom is 0.433 e. The van der Waals surface area contributed by atoms with Crippen LogP contribution in [0.25, 0.3) is 16.5 Å². The summed E-state index contributed by atoms with van der Waals surface area (Å²) in [6, 6.07) is 10.0. The Morgan fingerprint density at radius 2 is 2.18 bits per heavy atom. The highest BCUT2D eigenvalue weighted by Crippen LogP contribution is 2.32. The summed E-state index contributed by atoms with van der Waals surface area (Å²) in [6.07, 6.45) is 3.83. The minimum Gasteiger partial charge on any atom is -0.401 e. The van der Waals surface area contributed by atoms with Crippen LogP contribution in [-0.4, -0.2) is 28.2 Å². The van der Waals surface area contributed by atoms with Crippen molar-refractivity contribution in [1.82, 2.24) is 4.98 Å². The van der Waals surface area contributed by atoms with Crippen molar-refractivity contribution in [2.75, 3.05) is 18.5 Å². The normalized spacial score (nSPS) is 11.6. The van der Waals surface area contributed by atoms with Crippen molar-refractivity contribution in [3.8, 4) is 0 Å². The van der Waals surface area contributed by atoms with Crippen LogP contribution in [0.2, 0.25) is 5.02 Å². The molecule has 0 unspecified atom stereocenters. The monoisotopic (exact) mass is 399 g/mol. The maximum absolute atomic E-state index is 11.0.